The van der Waals surface area contributed by atoms with Gasteiger partial charge < -0.3 is 15.7 Å². The molecule has 3 N–H and O–H groups in total. The van der Waals surface area contributed by atoms with E-state index in [1.807, 2.05) is 18.7 Å². The number of carboxylic acid groups (broad SMARTS) is 1. The average molecular weight is 268 g/mol. The SMILES string of the molecule is CC(C)[C@@H](N)C(=O)N1CC[C@@]2(CC[C@H](C(=O)O)C2)C1. The fraction of sp³-hybridized carbons (Fsp3) is 0.857. The maximum atomic E-state index is 12.2. The Balaban J connectivity index is 1.97. The first-order chi connectivity index (χ1) is 8.84. The van der Waals surface area contributed by atoms with Crippen LogP contribution >= 0.6 is 0 Å². The fourth-order valence-electron chi connectivity index (χ4n) is 3.41. The van der Waals surface area contributed by atoms with Crippen LogP contribution in [0.25, 0.3) is 0 Å². The summed E-state index contributed by atoms with van der Waals surface area (Å²) >= 11 is 0. The second kappa shape index (κ2) is 5.12. The minimum atomic E-state index is -0.694. The summed E-state index contributed by atoms with van der Waals surface area (Å²) in [7, 11) is 0. The molecule has 1 heterocycles. The van der Waals surface area contributed by atoms with Gasteiger partial charge in [-0.2, -0.15) is 0 Å². The predicted octanol–water partition coefficient (Wildman–Crippen LogP) is 1.07. The maximum absolute atomic E-state index is 12.2. The molecule has 2 fully saturated rings. The Morgan fingerprint density at radius 3 is 2.58 bits per heavy atom. The van der Waals surface area contributed by atoms with Crippen molar-refractivity contribution >= 4 is 11.9 Å². The molecule has 2 aliphatic rings. The van der Waals surface area contributed by atoms with Crippen molar-refractivity contribution in [2.75, 3.05) is 13.1 Å². The van der Waals surface area contributed by atoms with E-state index in [1.54, 1.807) is 0 Å². The highest BCUT2D eigenvalue weighted by molar-refractivity contribution is 5.82. The van der Waals surface area contributed by atoms with Gasteiger partial charge in [-0.1, -0.05) is 13.8 Å². The van der Waals surface area contributed by atoms with Crippen molar-refractivity contribution < 1.29 is 14.7 Å². The van der Waals surface area contributed by atoms with Gasteiger partial charge in [0.05, 0.1) is 12.0 Å². The first-order valence-corrected chi connectivity index (χ1v) is 7.12. The third kappa shape index (κ3) is 2.76. The summed E-state index contributed by atoms with van der Waals surface area (Å²) in [6, 6.07) is -0.438. The van der Waals surface area contributed by atoms with Crippen molar-refractivity contribution in [2.24, 2.45) is 23.0 Å². The molecule has 1 saturated heterocycles. The Bertz CT molecular complexity index is 383. The van der Waals surface area contributed by atoms with Crippen LogP contribution < -0.4 is 5.73 Å². The molecule has 0 bridgehead atoms. The van der Waals surface area contributed by atoms with Crippen LogP contribution in [0, 0.1) is 17.3 Å². The van der Waals surface area contributed by atoms with Crippen molar-refractivity contribution in [2.45, 2.75) is 45.6 Å². The first-order valence-electron chi connectivity index (χ1n) is 7.12. The number of carboxylic acids is 1. The van der Waals surface area contributed by atoms with Gasteiger partial charge in [-0.25, -0.2) is 0 Å². The molecule has 5 heteroatoms. The number of amides is 1. The van der Waals surface area contributed by atoms with Gasteiger partial charge in [0.25, 0.3) is 0 Å². The summed E-state index contributed by atoms with van der Waals surface area (Å²) in [5.74, 6) is -0.764. The lowest BCUT2D eigenvalue weighted by Crippen LogP contribution is -2.46. The topological polar surface area (TPSA) is 83.6 Å². The van der Waals surface area contributed by atoms with Crippen LogP contribution in [0.4, 0.5) is 0 Å². The summed E-state index contributed by atoms with van der Waals surface area (Å²) < 4.78 is 0. The molecule has 0 unspecified atom stereocenters. The van der Waals surface area contributed by atoms with Crippen LogP contribution in [-0.4, -0.2) is 41.0 Å². The molecular formula is C14H24N2O3. The number of likely N-dealkylation sites (tertiary alicyclic amines) is 1. The van der Waals surface area contributed by atoms with Gasteiger partial charge in [0.2, 0.25) is 5.91 Å². The fourth-order valence-corrected chi connectivity index (χ4v) is 3.41. The zero-order chi connectivity index (χ0) is 14.2. The van der Waals surface area contributed by atoms with Crippen LogP contribution in [0.3, 0.4) is 0 Å². The Kier molecular flexibility index (Phi) is 3.85. The van der Waals surface area contributed by atoms with Gasteiger partial charge in [-0.15, -0.1) is 0 Å². The Hall–Kier alpha value is -1.10. The minimum absolute atomic E-state index is 0.0191. The second-order valence-corrected chi connectivity index (χ2v) is 6.56. The number of nitrogens with two attached hydrogens (primary N) is 1. The van der Waals surface area contributed by atoms with Gasteiger partial charge in [0.1, 0.15) is 0 Å². The van der Waals surface area contributed by atoms with Crippen LogP contribution in [-0.2, 0) is 9.59 Å². The van der Waals surface area contributed by atoms with Gasteiger partial charge in [-0.05, 0) is 37.0 Å². The van der Waals surface area contributed by atoms with E-state index in [2.05, 4.69) is 0 Å². The number of aliphatic carboxylic acids is 1. The Morgan fingerprint density at radius 1 is 1.37 bits per heavy atom. The van der Waals surface area contributed by atoms with E-state index >= 15 is 0 Å². The maximum Gasteiger partial charge on any atom is 0.306 e. The van der Waals surface area contributed by atoms with E-state index in [-0.39, 0.29) is 23.2 Å². The van der Waals surface area contributed by atoms with E-state index in [4.69, 9.17) is 10.8 Å². The standard InChI is InChI=1S/C14H24N2O3/c1-9(2)11(15)12(17)16-6-5-14(8-16)4-3-10(7-14)13(18)19/h9-11H,3-8,15H2,1-2H3,(H,18,19)/t10-,11+,14+/m0/s1. The highest BCUT2D eigenvalue weighted by Crippen LogP contribution is 2.48. The molecule has 1 amide bonds. The first kappa shape index (κ1) is 14.3. The minimum Gasteiger partial charge on any atom is -0.481 e. The van der Waals surface area contributed by atoms with Crippen LogP contribution in [0.5, 0.6) is 0 Å². The normalized spacial score (nSPS) is 32.2. The van der Waals surface area contributed by atoms with Crippen LogP contribution in [0.15, 0.2) is 0 Å². The van der Waals surface area contributed by atoms with Gasteiger partial charge in [0.15, 0.2) is 0 Å². The van der Waals surface area contributed by atoms with Gasteiger partial charge in [0, 0.05) is 13.1 Å². The van der Waals surface area contributed by atoms with Crippen molar-refractivity contribution in [3.63, 3.8) is 0 Å². The lowest BCUT2D eigenvalue weighted by molar-refractivity contribution is -0.141. The van der Waals surface area contributed by atoms with E-state index < -0.39 is 12.0 Å². The summed E-state index contributed by atoms with van der Waals surface area (Å²) in [6.45, 7) is 5.32. The Labute approximate surface area is 114 Å². The van der Waals surface area contributed by atoms with Crippen molar-refractivity contribution in [1.29, 1.82) is 0 Å². The summed E-state index contributed by atoms with van der Waals surface area (Å²) in [4.78, 5) is 25.1. The number of carbonyl (C=O) groups excluding carboxylic acids is 1. The molecule has 19 heavy (non-hydrogen) atoms. The molecule has 3 atom stereocenters. The molecule has 0 radical (unpaired) electrons. The monoisotopic (exact) mass is 268 g/mol. The third-order valence-electron chi connectivity index (χ3n) is 4.81. The molecule has 2 rings (SSSR count). The lowest BCUT2D eigenvalue weighted by atomic mass is 9.84. The van der Waals surface area contributed by atoms with E-state index in [9.17, 15) is 9.59 Å². The van der Waals surface area contributed by atoms with Crippen molar-refractivity contribution in [1.82, 2.24) is 4.90 Å². The third-order valence-corrected chi connectivity index (χ3v) is 4.81. The molecule has 1 spiro atoms. The molecule has 1 saturated carbocycles. The number of carbonyl (C=O) groups is 2. The van der Waals surface area contributed by atoms with Crippen molar-refractivity contribution in [3.8, 4) is 0 Å². The zero-order valence-corrected chi connectivity index (χ0v) is 11.8. The summed E-state index contributed by atoms with van der Waals surface area (Å²) in [5.41, 5.74) is 5.95. The summed E-state index contributed by atoms with van der Waals surface area (Å²) in [5, 5.41) is 9.09. The van der Waals surface area contributed by atoms with E-state index in [1.165, 1.54) is 0 Å². The highest BCUT2D eigenvalue weighted by Gasteiger charge is 2.47. The average Bonchev–Trinajstić information content (AvgIpc) is 2.96. The highest BCUT2D eigenvalue weighted by atomic mass is 16.4. The molecule has 0 aromatic heterocycles. The molecule has 5 nitrogen and oxygen atoms in total. The zero-order valence-electron chi connectivity index (χ0n) is 11.8. The lowest BCUT2D eigenvalue weighted by Gasteiger charge is -2.26. The molecule has 0 aromatic carbocycles. The quantitative estimate of drug-likeness (QED) is 0.802. The summed E-state index contributed by atoms with van der Waals surface area (Å²) in [6.07, 6.45) is 3.30. The smallest absolute Gasteiger partial charge is 0.306 e. The largest absolute Gasteiger partial charge is 0.481 e. The van der Waals surface area contributed by atoms with Gasteiger partial charge >= 0.3 is 5.97 Å². The predicted molar refractivity (Wildman–Crippen MR) is 71.4 cm³/mol. The van der Waals surface area contributed by atoms with Gasteiger partial charge in [-0.3, -0.25) is 9.59 Å². The number of hydrogen-bond acceptors (Lipinski definition) is 3. The van der Waals surface area contributed by atoms with Crippen molar-refractivity contribution in [3.05, 3.63) is 0 Å². The Morgan fingerprint density at radius 2 is 2.05 bits per heavy atom. The van der Waals surface area contributed by atoms with Crippen LogP contribution in [0.2, 0.25) is 0 Å². The van der Waals surface area contributed by atoms with E-state index in [0.29, 0.717) is 13.0 Å². The molecule has 108 valence electrons. The molecule has 1 aliphatic heterocycles. The van der Waals surface area contributed by atoms with E-state index in [0.717, 1.165) is 25.8 Å². The molecule has 1 aliphatic carbocycles. The molecule has 0 aromatic rings. The number of nitrogens with zero attached hydrogens (tertiary/aromatic N) is 1. The molecular weight excluding hydrogens is 244 g/mol. The van der Waals surface area contributed by atoms with Crippen LogP contribution in [0.1, 0.15) is 39.5 Å². The number of rotatable bonds is 3. The number of hydrogen-bond donors (Lipinski definition) is 2. The second-order valence-electron chi connectivity index (χ2n) is 6.56.